The highest BCUT2D eigenvalue weighted by Crippen LogP contribution is 2.29. The van der Waals surface area contributed by atoms with E-state index in [-0.39, 0.29) is 5.82 Å². The first-order valence-corrected chi connectivity index (χ1v) is 5.18. The second-order valence-electron chi connectivity index (χ2n) is 4.21. The first-order valence-electron chi connectivity index (χ1n) is 5.18. The number of aryl methyl sites for hydroxylation is 1. The highest BCUT2D eigenvalue weighted by molar-refractivity contribution is 5.27. The number of halogens is 1. The molecule has 0 radical (unpaired) electrons. The Morgan fingerprint density at radius 1 is 1.43 bits per heavy atom. The molecule has 1 aliphatic heterocycles. The van der Waals surface area contributed by atoms with Crippen LogP contribution in [-0.2, 0) is 0 Å². The summed E-state index contributed by atoms with van der Waals surface area (Å²) >= 11 is 0. The summed E-state index contributed by atoms with van der Waals surface area (Å²) in [5.74, 6) is 0.541. The SMILES string of the molecule is Cc1cc(C2NCCC2C)ccc1F. The Morgan fingerprint density at radius 3 is 2.79 bits per heavy atom. The Kier molecular flexibility index (Phi) is 2.55. The summed E-state index contributed by atoms with van der Waals surface area (Å²) in [5, 5.41) is 3.45. The molecular weight excluding hydrogens is 177 g/mol. The van der Waals surface area contributed by atoms with E-state index in [4.69, 9.17) is 0 Å². The molecule has 2 rings (SSSR count). The van der Waals surface area contributed by atoms with Gasteiger partial charge in [0.1, 0.15) is 5.82 Å². The Morgan fingerprint density at radius 2 is 2.21 bits per heavy atom. The second kappa shape index (κ2) is 3.70. The van der Waals surface area contributed by atoms with E-state index in [2.05, 4.69) is 12.2 Å². The molecule has 1 heterocycles. The molecule has 2 unspecified atom stereocenters. The predicted octanol–water partition coefficient (Wildman–Crippen LogP) is 2.80. The summed E-state index contributed by atoms with van der Waals surface area (Å²) in [6.45, 7) is 5.13. The van der Waals surface area contributed by atoms with Crippen molar-refractivity contribution in [1.82, 2.24) is 5.32 Å². The third-order valence-electron chi connectivity index (χ3n) is 3.07. The minimum absolute atomic E-state index is 0.112. The van der Waals surface area contributed by atoms with Crippen molar-refractivity contribution in [3.8, 4) is 0 Å². The Labute approximate surface area is 84.3 Å². The number of benzene rings is 1. The van der Waals surface area contributed by atoms with E-state index in [9.17, 15) is 4.39 Å². The van der Waals surface area contributed by atoms with Crippen LogP contribution in [0.3, 0.4) is 0 Å². The predicted molar refractivity (Wildman–Crippen MR) is 55.7 cm³/mol. The molecule has 1 N–H and O–H groups in total. The van der Waals surface area contributed by atoms with E-state index in [1.807, 2.05) is 19.1 Å². The standard InChI is InChI=1S/C12H16FN/c1-8-5-6-14-12(8)10-3-4-11(13)9(2)7-10/h3-4,7-8,12,14H,5-6H2,1-2H3. The first kappa shape index (κ1) is 9.66. The van der Waals surface area contributed by atoms with Crippen LogP contribution in [0, 0.1) is 18.7 Å². The highest BCUT2D eigenvalue weighted by atomic mass is 19.1. The van der Waals surface area contributed by atoms with E-state index < -0.39 is 0 Å². The number of hydrogen-bond acceptors (Lipinski definition) is 1. The molecule has 14 heavy (non-hydrogen) atoms. The van der Waals surface area contributed by atoms with E-state index in [0.29, 0.717) is 12.0 Å². The van der Waals surface area contributed by atoms with Gasteiger partial charge >= 0.3 is 0 Å². The third kappa shape index (κ3) is 1.67. The molecule has 0 aromatic heterocycles. The van der Waals surface area contributed by atoms with Crippen LogP contribution in [0.15, 0.2) is 18.2 Å². The molecule has 0 amide bonds. The molecule has 0 aliphatic carbocycles. The van der Waals surface area contributed by atoms with E-state index in [1.54, 1.807) is 6.07 Å². The average molecular weight is 193 g/mol. The molecule has 0 saturated carbocycles. The molecule has 1 fully saturated rings. The molecule has 1 saturated heterocycles. The minimum Gasteiger partial charge on any atom is -0.310 e. The lowest BCUT2D eigenvalue weighted by atomic mass is 9.95. The summed E-state index contributed by atoms with van der Waals surface area (Å²) in [7, 11) is 0. The van der Waals surface area contributed by atoms with Crippen molar-refractivity contribution in [1.29, 1.82) is 0 Å². The molecule has 2 heteroatoms. The van der Waals surface area contributed by atoms with Crippen molar-refractivity contribution in [2.75, 3.05) is 6.54 Å². The summed E-state index contributed by atoms with van der Waals surface area (Å²) < 4.78 is 13.1. The fourth-order valence-corrected chi connectivity index (χ4v) is 2.14. The lowest BCUT2D eigenvalue weighted by Crippen LogP contribution is -2.16. The smallest absolute Gasteiger partial charge is 0.126 e. The quantitative estimate of drug-likeness (QED) is 0.723. The zero-order valence-corrected chi connectivity index (χ0v) is 8.68. The van der Waals surface area contributed by atoms with Gasteiger partial charge in [-0.25, -0.2) is 4.39 Å². The Bertz CT molecular complexity index is 335. The van der Waals surface area contributed by atoms with Crippen molar-refractivity contribution in [3.63, 3.8) is 0 Å². The normalized spacial score (nSPS) is 26.8. The Balaban J connectivity index is 2.28. The lowest BCUT2D eigenvalue weighted by Gasteiger charge is -2.16. The van der Waals surface area contributed by atoms with Gasteiger partial charge in [0, 0.05) is 6.04 Å². The van der Waals surface area contributed by atoms with Crippen LogP contribution in [0.2, 0.25) is 0 Å². The monoisotopic (exact) mass is 193 g/mol. The highest BCUT2D eigenvalue weighted by Gasteiger charge is 2.24. The second-order valence-corrected chi connectivity index (χ2v) is 4.21. The van der Waals surface area contributed by atoms with Crippen LogP contribution in [0.1, 0.15) is 30.5 Å². The molecule has 0 bridgehead atoms. The largest absolute Gasteiger partial charge is 0.310 e. The number of rotatable bonds is 1. The summed E-state index contributed by atoms with van der Waals surface area (Å²) in [5.41, 5.74) is 1.96. The fourth-order valence-electron chi connectivity index (χ4n) is 2.14. The first-order chi connectivity index (χ1) is 6.68. The molecule has 1 nitrogen and oxygen atoms in total. The number of hydrogen-bond donors (Lipinski definition) is 1. The van der Waals surface area contributed by atoms with E-state index in [0.717, 1.165) is 12.1 Å². The van der Waals surface area contributed by atoms with Crippen molar-refractivity contribution in [2.24, 2.45) is 5.92 Å². The van der Waals surface area contributed by atoms with Gasteiger partial charge < -0.3 is 5.32 Å². The zero-order chi connectivity index (χ0) is 10.1. The molecule has 0 spiro atoms. The van der Waals surface area contributed by atoms with Gasteiger partial charge in [-0.3, -0.25) is 0 Å². The van der Waals surface area contributed by atoms with Gasteiger partial charge in [-0.1, -0.05) is 19.1 Å². The maximum Gasteiger partial charge on any atom is 0.126 e. The van der Waals surface area contributed by atoms with Crippen molar-refractivity contribution < 1.29 is 4.39 Å². The van der Waals surface area contributed by atoms with Gasteiger partial charge in [0.15, 0.2) is 0 Å². The van der Waals surface area contributed by atoms with Crippen LogP contribution in [0.5, 0.6) is 0 Å². The zero-order valence-electron chi connectivity index (χ0n) is 8.68. The van der Waals surface area contributed by atoms with Gasteiger partial charge in [-0.15, -0.1) is 0 Å². The van der Waals surface area contributed by atoms with Gasteiger partial charge in [0.05, 0.1) is 0 Å². The Hall–Kier alpha value is -0.890. The van der Waals surface area contributed by atoms with Crippen molar-refractivity contribution in [2.45, 2.75) is 26.3 Å². The maximum atomic E-state index is 13.1. The summed E-state index contributed by atoms with van der Waals surface area (Å²) in [6, 6.07) is 5.82. The summed E-state index contributed by atoms with van der Waals surface area (Å²) in [6.07, 6.45) is 1.21. The van der Waals surface area contributed by atoms with Gasteiger partial charge in [0.2, 0.25) is 0 Å². The van der Waals surface area contributed by atoms with Gasteiger partial charge in [0.25, 0.3) is 0 Å². The van der Waals surface area contributed by atoms with Gasteiger partial charge in [-0.05, 0) is 43.0 Å². The van der Waals surface area contributed by atoms with Crippen molar-refractivity contribution in [3.05, 3.63) is 35.1 Å². The minimum atomic E-state index is -0.112. The van der Waals surface area contributed by atoms with Crippen molar-refractivity contribution >= 4 is 0 Å². The molecule has 2 atom stereocenters. The lowest BCUT2D eigenvalue weighted by molar-refractivity contribution is 0.502. The topological polar surface area (TPSA) is 12.0 Å². The van der Waals surface area contributed by atoms with Gasteiger partial charge in [-0.2, -0.15) is 0 Å². The average Bonchev–Trinajstić information content (AvgIpc) is 2.57. The number of nitrogens with one attached hydrogen (secondary N) is 1. The van der Waals surface area contributed by atoms with Crippen LogP contribution in [0.4, 0.5) is 4.39 Å². The van der Waals surface area contributed by atoms with Crippen LogP contribution >= 0.6 is 0 Å². The van der Waals surface area contributed by atoms with Crippen LogP contribution in [-0.4, -0.2) is 6.54 Å². The summed E-state index contributed by atoms with van der Waals surface area (Å²) in [4.78, 5) is 0. The molecule has 1 aromatic carbocycles. The van der Waals surface area contributed by atoms with Crippen LogP contribution in [0.25, 0.3) is 0 Å². The molecule has 1 aliphatic rings. The molecule has 76 valence electrons. The van der Waals surface area contributed by atoms with E-state index >= 15 is 0 Å². The molecular formula is C12H16FN. The van der Waals surface area contributed by atoms with Crippen LogP contribution < -0.4 is 5.32 Å². The molecule has 1 aromatic rings. The van der Waals surface area contributed by atoms with E-state index in [1.165, 1.54) is 12.0 Å². The maximum absolute atomic E-state index is 13.1. The third-order valence-corrected chi connectivity index (χ3v) is 3.07. The fraction of sp³-hybridized carbons (Fsp3) is 0.500.